The van der Waals surface area contributed by atoms with Gasteiger partial charge in [0.05, 0.1) is 11.9 Å². The molecule has 7 nitrogen and oxygen atoms in total. The van der Waals surface area contributed by atoms with Crippen LogP contribution in [0, 0.1) is 18.7 Å². The van der Waals surface area contributed by atoms with Crippen molar-refractivity contribution in [2.75, 3.05) is 11.9 Å². The smallest absolute Gasteiger partial charge is 0.299 e. The van der Waals surface area contributed by atoms with Crippen molar-refractivity contribution in [3.8, 4) is 17.2 Å². The molecule has 4 rings (SSSR count). The Hall–Kier alpha value is -4.46. The number of carbonyl (C=O) groups excluding carboxylic acids is 1. The summed E-state index contributed by atoms with van der Waals surface area (Å²) in [6.45, 7) is 6.60. The molecule has 0 radical (unpaired) electrons. The lowest BCUT2D eigenvalue weighted by Crippen LogP contribution is -2.27. The fourth-order valence-electron chi connectivity index (χ4n) is 3.38. The minimum atomic E-state index is -0.482. The molecule has 0 aliphatic heterocycles. The van der Waals surface area contributed by atoms with Crippen LogP contribution in [0.2, 0.25) is 0 Å². The third-order valence-electron chi connectivity index (χ3n) is 5.35. The van der Waals surface area contributed by atoms with E-state index in [0.29, 0.717) is 35.2 Å². The van der Waals surface area contributed by atoms with Crippen molar-refractivity contribution in [2.24, 2.45) is 5.92 Å². The lowest BCUT2D eigenvalue weighted by molar-refractivity contribution is 0.0949. The van der Waals surface area contributed by atoms with Crippen LogP contribution in [-0.4, -0.2) is 22.2 Å². The predicted molar refractivity (Wildman–Crippen MR) is 138 cm³/mol. The SMILES string of the molecule is Cc1ccc(Oc2cnn(-c3ccc(F)cc3)c(=O)c2Nc2ccc(C(=O)NCC(C)C)cc2)cc1. The fraction of sp³-hybridized carbons (Fsp3) is 0.179. The van der Waals surface area contributed by atoms with Gasteiger partial charge < -0.3 is 15.4 Å². The third kappa shape index (κ3) is 5.96. The van der Waals surface area contributed by atoms with Gasteiger partial charge in [0.2, 0.25) is 0 Å². The minimum absolute atomic E-state index is 0.145. The van der Waals surface area contributed by atoms with Crippen molar-refractivity contribution in [1.82, 2.24) is 15.1 Å². The highest BCUT2D eigenvalue weighted by Crippen LogP contribution is 2.29. The van der Waals surface area contributed by atoms with Crippen molar-refractivity contribution in [2.45, 2.75) is 20.8 Å². The average Bonchev–Trinajstić information content (AvgIpc) is 2.87. The standard InChI is InChI=1S/C28H27FN4O3/c1-18(2)16-30-27(34)20-6-10-22(11-7-20)32-26-25(36-24-14-4-19(3)5-15-24)17-31-33(28(26)35)23-12-8-21(29)9-13-23/h4-15,17-18,32H,16H2,1-3H3,(H,30,34). The molecule has 3 aromatic carbocycles. The summed E-state index contributed by atoms with van der Waals surface area (Å²) in [6.07, 6.45) is 1.43. The van der Waals surface area contributed by atoms with Gasteiger partial charge in [0.25, 0.3) is 11.5 Å². The Morgan fingerprint density at radius 3 is 2.31 bits per heavy atom. The van der Waals surface area contributed by atoms with Crippen LogP contribution in [0.4, 0.5) is 15.8 Å². The van der Waals surface area contributed by atoms with Crippen molar-refractivity contribution in [1.29, 1.82) is 0 Å². The molecule has 184 valence electrons. The molecule has 2 N–H and O–H groups in total. The van der Waals surface area contributed by atoms with Crippen molar-refractivity contribution in [3.63, 3.8) is 0 Å². The van der Waals surface area contributed by atoms with Gasteiger partial charge in [-0.05, 0) is 73.5 Å². The van der Waals surface area contributed by atoms with Gasteiger partial charge in [0, 0.05) is 17.8 Å². The number of rotatable bonds is 8. The number of halogens is 1. The lowest BCUT2D eigenvalue weighted by atomic mass is 10.1. The number of aromatic nitrogens is 2. The number of ether oxygens (including phenoxy) is 1. The molecular formula is C28H27FN4O3. The highest BCUT2D eigenvalue weighted by molar-refractivity contribution is 5.94. The van der Waals surface area contributed by atoms with E-state index in [1.54, 1.807) is 36.4 Å². The molecule has 0 saturated carbocycles. The second-order valence-corrected chi connectivity index (χ2v) is 8.80. The van der Waals surface area contributed by atoms with Gasteiger partial charge in [-0.3, -0.25) is 9.59 Å². The number of carbonyl (C=O) groups is 1. The first-order chi connectivity index (χ1) is 17.3. The monoisotopic (exact) mass is 486 g/mol. The molecular weight excluding hydrogens is 459 g/mol. The van der Waals surface area contributed by atoms with Crippen LogP contribution in [0.15, 0.2) is 83.8 Å². The maximum atomic E-state index is 13.4. The first-order valence-electron chi connectivity index (χ1n) is 11.6. The van der Waals surface area contributed by atoms with Gasteiger partial charge in [-0.1, -0.05) is 31.5 Å². The molecule has 0 aliphatic rings. The molecule has 1 aromatic heterocycles. The molecule has 36 heavy (non-hydrogen) atoms. The first kappa shape index (κ1) is 24.7. The van der Waals surface area contributed by atoms with E-state index < -0.39 is 11.4 Å². The zero-order valence-electron chi connectivity index (χ0n) is 20.3. The summed E-state index contributed by atoms with van der Waals surface area (Å²) in [6, 6.07) is 19.6. The lowest BCUT2D eigenvalue weighted by Gasteiger charge is -2.15. The summed E-state index contributed by atoms with van der Waals surface area (Å²) in [5.41, 5.74) is 2.23. The number of benzene rings is 3. The number of nitrogens with one attached hydrogen (secondary N) is 2. The molecule has 0 unspecified atom stereocenters. The van der Waals surface area contributed by atoms with Gasteiger partial charge in [0.15, 0.2) is 11.4 Å². The Morgan fingerprint density at radius 1 is 1.00 bits per heavy atom. The van der Waals surface area contributed by atoms with Crippen LogP contribution < -0.4 is 20.9 Å². The molecule has 1 amide bonds. The van der Waals surface area contributed by atoms with Crippen LogP contribution in [-0.2, 0) is 0 Å². The molecule has 1 heterocycles. The second-order valence-electron chi connectivity index (χ2n) is 8.80. The van der Waals surface area contributed by atoms with E-state index in [1.807, 2.05) is 32.9 Å². The molecule has 8 heteroatoms. The van der Waals surface area contributed by atoms with E-state index in [0.717, 1.165) is 10.2 Å². The van der Waals surface area contributed by atoms with Crippen molar-refractivity contribution >= 4 is 17.3 Å². The Kier molecular flexibility index (Phi) is 7.44. The molecule has 0 aliphatic carbocycles. The normalized spacial score (nSPS) is 10.8. The average molecular weight is 487 g/mol. The van der Waals surface area contributed by atoms with E-state index in [1.165, 1.54) is 30.5 Å². The maximum Gasteiger partial charge on any atom is 0.299 e. The highest BCUT2D eigenvalue weighted by atomic mass is 19.1. The van der Waals surface area contributed by atoms with Gasteiger partial charge in [-0.25, -0.2) is 4.39 Å². The van der Waals surface area contributed by atoms with Gasteiger partial charge >= 0.3 is 0 Å². The summed E-state index contributed by atoms with van der Waals surface area (Å²) in [7, 11) is 0. The number of hydrogen-bond acceptors (Lipinski definition) is 5. The quantitative estimate of drug-likeness (QED) is 0.339. The zero-order chi connectivity index (χ0) is 25.7. The first-order valence-corrected chi connectivity index (χ1v) is 11.6. The molecule has 0 spiro atoms. The summed E-state index contributed by atoms with van der Waals surface area (Å²) >= 11 is 0. The van der Waals surface area contributed by atoms with Crippen LogP contribution in [0.1, 0.15) is 29.8 Å². The fourth-order valence-corrected chi connectivity index (χ4v) is 3.38. The van der Waals surface area contributed by atoms with E-state index in [4.69, 9.17) is 4.74 Å². The second kappa shape index (κ2) is 10.9. The van der Waals surface area contributed by atoms with Crippen molar-refractivity contribution < 1.29 is 13.9 Å². The van der Waals surface area contributed by atoms with Gasteiger partial charge in [0.1, 0.15) is 11.6 Å². The molecule has 4 aromatic rings. The Balaban J connectivity index is 1.67. The summed E-state index contributed by atoms with van der Waals surface area (Å²) in [5, 5.41) is 10.2. The Labute approximate surface area is 208 Å². The molecule has 0 bridgehead atoms. The van der Waals surface area contributed by atoms with Gasteiger partial charge in [-0.2, -0.15) is 9.78 Å². The number of nitrogens with zero attached hydrogens (tertiary/aromatic N) is 2. The Morgan fingerprint density at radius 2 is 1.67 bits per heavy atom. The number of hydrogen-bond donors (Lipinski definition) is 2. The molecule has 0 saturated heterocycles. The van der Waals surface area contributed by atoms with Crippen LogP contribution in [0.25, 0.3) is 5.69 Å². The third-order valence-corrected chi connectivity index (χ3v) is 5.35. The van der Waals surface area contributed by atoms with E-state index >= 15 is 0 Å². The summed E-state index contributed by atoms with van der Waals surface area (Å²) in [4.78, 5) is 25.8. The maximum absolute atomic E-state index is 13.4. The van der Waals surface area contributed by atoms with Gasteiger partial charge in [-0.15, -0.1) is 0 Å². The van der Waals surface area contributed by atoms with E-state index in [-0.39, 0.29) is 17.3 Å². The summed E-state index contributed by atoms with van der Waals surface area (Å²) in [5.74, 6) is 0.530. The largest absolute Gasteiger partial charge is 0.453 e. The number of aryl methyl sites for hydroxylation is 1. The van der Waals surface area contributed by atoms with Crippen LogP contribution in [0.5, 0.6) is 11.5 Å². The van der Waals surface area contributed by atoms with Crippen LogP contribution in [0.3, 0.4) is 0 Å². The topological polar surface area (TPSA) is 85.2 Å². The number of amides is 1. The molecule has 0 atom stereocenters. The Bertz CT molecular complexity index is 1400. The predicted octanol–water partition coefficient (Wildman–Crippen LogP) is 5.60. The minimum Gasteiger partial charge on any atom is -0.453 e. The van der Waals surface area contributed by atoms with E-state index in [9.17, 15) is 14.0 Å². The zero-order valence-corrected chi connectivity index (χ0v) is 20.3. The summed E-state index contributed by atoms with van der Waals surface area (Å²) < 4.78 is 20.6. The van der Waals surface area contributed by atoms with Crippen molar-refractivity contribution in [3.05, 3.63) is 106 Å². The van der Waals surface area contributed by atoms with Crippen LogP contribution >= 0.6 is 0 Å². The van der Waals surface area contributed by atoms with E-state index in [2.05, 4.69) is 15.7 Å². The number of anilines is 2. The molecule has 0 fully saturated rings. The highest BCUT2D eigenvalue weighted by Gasteiger charge is 2.16.